The lowest BCUT2D eigenvalue weighted by Crippen LogP contribution is -2.26. The lowest BCUT2D eigenvalue weighted by molar-refractivity contribution is 0.0784. The van der Waals surface area contributed by atoms with Crippen LogP contribution in [-0.2, 0) is 6.54 Å². The molecule has 0 radical (unpaired) electrons. The first-order valence-electron chi connectivity index (χ1n) is 7.13. The molecule has 2 rings (SSSR count). The molecule has 23 heavy (non-hydrogen) atoms. The molecule has 0 aliphatic rings. The Hall–Kier alpha value is -2.63. The predicted molar refractivity (Wildman–Crippen MR) is 87.3 cm³/mol. The third kappa shape index (κ3) is 3.97. The molecule has 0 N–H and O–H groups in total. The second-order valence-corrected chi connectivity index (χ2v) is 5.43. The van der Waals surface area contributed by atoms with Gasteiger partial charge in [0.1, 0.15) is 5.82 Å². The summed E-state index contributed by atoms with van der Waals surface area (Å²) in [4.78, 5) is 20.0. The molecular weight excluding hydrogens is 297 g/mol. The van der Waals surface area contributed by atoms with E-state index in [9.17, 15) is 9.18 Å². The van der Waals surface area contributed by atoms with E-state index in [-0.39, 0.29) is 11.7 Å². The van der Waals surface area contributed by atoms with Crippen LogP contribution in [-0.4, -0.2) is 44.0 Å². The number of carbonyl (C=O) groups is 1. The van der Waals surface area contributed by atoms with Crippen LogP contribution in [0.1, 0.15) is 15.9 Å². The van der Waals surface area contributed by atoms with Gasteiger partial charge in [-0.05, 0) is 29.8 Å². The van der Waals surface area contributed by atoms with Crippen LogP contribution in [0.2, 0.25) is 0 Å². The zero-order valence-electron chi connectivity index (χ0n) is 13.7. The number of benzene rings is 1. The second kappa shape index (κ2) is 7.09. The van der Waals surface area contributed by atoms with Gasteiger partial charge in [-0.1, -0.05) is 6.07 Å². The molecule has 0 spiro atoms. The topological polar surface area (TPSA) is 45.7 Å². The number of anilines is 1. The molecule has 2 aromatic rings. The van der Waals surface area contributed by atoms with Gasteiger partial charge < -0.3 is 14.5 Å². The van der Waals surface area contributed by atoms with E-state index >= 15 is 0 Å². The van der Waals surface area contributed by atoms with Crippen molar-refractivity contribution in [3.05, 3.63) is 53.5 Å². The zero-order chi connectivity index (χ0) is 17.0. The summed E-state index contributed by atoms with van der Waals surface area (Å²) in [7, 11) is 6.85. The van der Waals surface area contributed by atoms with Crippen molar-refractivity contribution in [2.24, 2.45) is 0 Å². The smallest absolute Gasteiger partial charge is 0.255 e. The average Bonchev–Trinajstić information content (AvgIpc) is 2.54. The normalized spacial score (nSPS) is 10.3. The van der Waals surface area contributed by atoms with Gasteiger partial charge in [0, 0.05) is 33.9 Å². The first kappa shape index (κ1) is 16.7. The number of carbonyl (C=O) groups excluding carboxylic acids is 1. The van der Waals surface area contributed by atoms with Crippen LogP contribution < -0.4 is 9.64 Å². The number of aromatic nitrogens is 1. The molecule has 122 valence electrons. The largest absolute Gasteiger partial charge is 0.494 e. The van der Waals surface area contributed by atoms with Crippen LogP contribution in [0.15, 0.2) is 36.5 Å². The number of ether oxygens (including phenoxy) is 1. The fourth-order valence-electron chi connectivity index (χ4n) is 2.15. The van der Waals surface area contributed by atoms with Gasteiger partial charge in [-0.2, -0.15) is 0 Å². The van der Waals surface area contributed by atoms with Gasteiger partial charge in [0.15, 0.2) is 11.6 Å². The van der Waals surface area contributed by atoms with Crippen molar-refractivity contribution >= 4 is 11.7 Å². The molecule has 1 amide bonds. The highest BCUT2D eigenvalue weighted by molar-refractivity contribution is 5.93. The highest BCUT2D eigenvalue weighted by Crippen LogP contribution is 2.19. The summed E-state index contributed by atoms with van der Waals surface area (Å²) < 4.78 is 18.6. The van der Waals surface area contributed by atoms with Crippen LogP contribution in [0.5, 0.6) is 5.75 Å². The molecule has 0 bridgehead atoms. The molecule has 0 aliphatic carbocycles. The Bertz CT molecular complexity index is 687. The molecule has 1 heterocycles. The molecule has 0 saturated heterocycles. The van der Waals surface area contributed by atoms with Gasteiger partial charge in [0.25, 0.3) is 5.91 Å². The SMILES string of the molecule is COc1ccc(CN(C)C(=O)c2ccc(N(C)C)nc2)cc1F. The Balaban J connectivity index is 2.09. The third-order valence-corrected chi connectivity index (χ3v) is 3.44. The number of methoxy groups -OCH3 is 1. The summed E-state index contributed by atoms with van der Waals surface area (Å²) in [5, 5.41) is 0. The number of rotatable bonds is 5. The predicted octanol–water partition coefficient (Wildman–Crippen LogP) is 2.57. The van der Waals surface area contributed by atoms with E-state index in [1.165, 1.54) is 18.1 Å². The van der Waals surface area contributed by atoms with E-state index in [1.807, 2.05) is 19.0 Å². The van der Waals surface area contributed by atoms with E-state index in [0.717, 1.165) is 5.82 Å². The van der Waals surface area contributed by atoms with Crippen LogP contribution in [0.25, 0.3) is 0 Å². The van der Waals surface area contributed by atoms with E-state index < -0.39 is 5.82 Å². The lowest BCUT2D eigenvalue weighted by Gasteiger charge is -2.18. The molecular formula is C17H20FN3O2. The van der Waals surface area contributed by atoms with Gasteiger partial charge in [-0.3, -0.25) is 4.79 Å². The minimum Gasteiger partial charge on any atom is -0.494 e. The summed E-state index contributed by atoms with van der Waals surface area (Å²) >= 11 is 0. The molecule has 5 nitrogen and oxygen atoms in total. The second-order valence-electron chi connectivity index (χ2n) is 5.43. The van der Waals surface area contributed by atoms with E-state index in [1.54, 1.807) is 37.5 Å². The van der Waals surface area contributed by atoms with Gasteiger partial charge in [-0.15, -0.1) is 0 Å². The Kier molecular flexibility index (Phi) is 5.16. The Morgan fingerprint density at radius 3 is 2.48 bits per heavy atom. The van der Waals surface area contributed by atoms with E-state index in [2.05, 4.69) is 4.98 Å². The van der Waals surface area contributed by atoms with Crippen molar-refractivity contribution in [2.75, 3.05) is 33.2 Å². The van der Waals surface area contributed by atoms with Crippen LogP contribution in [0.4, 0.5) is 10.2 Å². The van der Waals surface area contributed by atoms with Crippen molar-refractivity contribution in [1.29, 1.82) is 0 Å². The Labute approximate surface area is 135 Å². The van der Waals surface area contributed by atoms with Crippen molar-refractivity contribution in [3.8, 4) is 5.75 Å². The van der Waals surface area contributed by atoms with Crippen LogP contribution >= 0.6 is 0 Å². The van der Waals surface area contributed by atoms with Gasteiger partial charge in [0.2, 0.25) is 0 Å². The third-order valence-electron chi connectivity index (χ3n) is 3.44. The first-order chi connectivity index (χ1) is 10.9. The summed E-state index contributed by atoms with van der Waals surface area (Å²) in [6.45, 7) is 0.301. The number of halogens is 1. The molecule has 1 aromatic heterocycles. The molecule has 0 atom stereocenters. The number of pyridine rings is 1. The fraction of sp³-hybridized carbons (Fsp3) is 0.294. The van der Waals surface area contributed by atoms with Crippen molar-refractivity contribution < 1.29 is 13.9 Å². The molecule has 0 saturated carbocycles. The fourth-order valence-corrected chi connectivity index (χ4v) is 2.15. The molecule has 1 aromatic carbocycles. The van der Waals surface area contributed by atoms with Crippen LogP contribution in [0.3, 0.4) is 0 Å². The maximum Gasteiger partial charge on any atom is 0.255 e. The van der Waals surface area contributed by atoms with E-state index in [0.29, 0.717) is 17.7 Å². The number of nitrogens with zero attached hydrogens (tertiary/aromatic N) is 3. The maximum atomic E-state index is 13.7. The molecule has 0 aliphatic heterocycles. The quantitative estimate of drug-likeness (QED) is 0.850. The highest BCUT2D eigenvalue weighted by Gasteiger charge is 2.14. The van der Waals surface area contributed by atoms with Crippen molar-refractivity contribution in [2.45, 2.75) is 6.54 Å². The van der Waals surface area contributed by atoms with Gasteiger partial charge >= 0.3 is 0 Å². The monoisotopic (exact) mass is 317 g/mol. The Morgan fingerprint density at radius 2 is 1.96 bits per heavy atom. The first-order valence-corrected chi connectivity index (χ1v) is 7.13. The number of amides is 1. The summed E-state index contributed by atoms with van der Waals surface area (Å²) in [5.74, 6) is 0.356. The molecule has 0 fully saturated rings. The number of hydrogen-bond donors (Lipinski definition) is 0. The van der Waals surface area contributed by atoms with E-state index in [4.69, 9.17) is 4.74 Å². The van der Waals surface area contributed by atoms with Crippen molar-refractivity contribution in [1.82, 2.24) is 9.88 Å². The molecule has 6 heteroatoms. The van der Waals surface area contributed by atoms with Gasteiger partial charge in [-0.25, -0.2) is 9.37 Å². The minimum absolute atomic E-state index is 0.168. The van der Waals surface area contributed by atoms with Crippen molar-refractivity contribution in [3.63, 3.8) is 0 Å². The standard InChI is InChI=1S/C17H20FN3O2/c1-20(2)16-8-6-13(10-19-16)17(22)21(3)11-12-5-7-15(23-4)14(18)9-12/h5-10H,11H2,1-4H3. The Morgan fingerprint density at radius 1 is 1.22 bits per heavy atom. The summed E-state index contributed by atoms with van der Waals surface area (Å²) in [6, 6.07) is 8.18. The average molecular weight is 317 g/mol. The highest BCUT2D eigenvalue weighted by atomic mass is 19.1. The molecule has 0 unspecified atom stereocenters. The maximum absolute atomic E-state index is 13.7. The summed E-state index contributed by atoms with van der Waals surface area (Å²) in [5.41, 5.74) is 1.18. The lowest BCUT2D eigenvalue weighted by atomic mass is 10.2. The minimum atomic E-state index is -0.442. The van der Waals surface area contributed by atoms with Crippen LogP contribution in [0, 0.1) is 5.82 Å². The number of hydrogen-bond acceptors (Lipinski definition) is 4. The van der Waals surface area contributed by atoms with Gasteiger partial charge in [0.05, 0.1) is 12.7 Å². The summed E-state index contributed by atoms with van der Waals surface area (Å²) in [6.07, 6.45) is 1.54. The zero-order valence-corrected chi connectivity index (χ0v) is 13.7.